The molecule has 1 heterocycles. The summed E-state index contributed by atoms with van der Waals surface area (Å²) in [4.78, 5) is 26.9. The van der Waals surface area contributed by atoms with Crippen molar-refractivity contribution in [2.45, 2.75) is 6.54 Å². The Morgan fingerprint density at radius 3 is 2.37 bits per heavy atom. The molecule has 1 aliphatic heterocycles. The number of anilines is 1. The van der Waals surface area contributed by atoms with Crippen molar-refractivity contribution in [3.05, 3.63) is 70.0 Å². The van der Waals surface area contributed by atoms with Crippen LogP contribution in [0.1, 0.15) is 5.56 Å². The zero-order valence-electron chi connectivity index (χ0n) is 14.8. The average Bonchev–Trinajstić information content (AvgIpc) is 2.65. The number of hydrogen-bond acceptors (Lipinski definition) is 5. The molecule has 3 rings (SSSR count). The van der Waals surface area contributed by atoms with Crippen molar-refractivity contribution in [2.24, 2.45) is 0 Å². The number of nitrogens with one attached hydrogen (secondary N) is 1. The molecule has 142 valence electrons. The molecule has 0 saturated carbocycles. The normalized spacial score (nSPS) is 15.4. The van der Waals surface area contributed by atoms with E-state index in [0.29, 0.717) is 25.2 Å². The highest BCUT2D eigenvalue weighted by molar-refractivity contribution is 5.94. The molecule has 0 atom stereocenters. The molecule has 7 nitrogen and oxygen atoms in total. The van der Waals surface area contributed by atoms with Crippen LogP contribution < -0.4 is 5.32 Å². The van der Waals surface area contributed by atoms with Gasteiger partial charge < -0.3 is 5.32 Å². The highest BCUT2D eigenvalue weighted by Crippen LogP contribution is 2.23. The molecule has 8 heteroatoms. The van der Waals surface area contributed by atoms with Gasteiger partial charge in [0.2, 0.25) is 5.91 Å². The topological polar surface area (TPSA) is 78.7 Å². The number of nitro groups is 1. The third-order valence-electron chi connectivity index (χ3n) is 4.56. The number of rotatable bonds is 6. The average molecular weight is 372 g/mol. The van der Waals surface area contributed by atoms with Gasteiger partial charge in [0.15, 0.2) is 0 Å². The van der Waals surface area contributed by atoms with Crippen LogP contribution in [0, 0.1) is 15.9 Å². The second-order valence-electron chi connectivity index (χ2n) is 6.47. The van der Waals surface area contributed by atoms with Gasteiger partial charge in [0, 0.05) is 44.4 Å². The first-order valence-electron chi connectivity index (χ1n) is 8.74. The minimum atomic E-state index is -0.517. The lowest BCUT2D eigenvalue weighted by atomic mass is 10.2. The van der Waals surface area contributed by atoms with E-state index < -0.39 is 4.92 Å². The quantitative estimate of drug-likeness (QED) is 0.623. The highest BCUT2D eigenvalue weighted by Gasteiger charge is 2.21. The van der Waals surface area contributed by atoms with Crippen LogP contribution in [-0.4, -0.2) is 53.4 Å². The van der Waals surface area contributed by atoms with Crippen molar-refractivity contribution >= 4 is 17.3 Å². The van der Waals surface area contributed by atoms with Gasteiger partial charge in [-0.15, -0.1) is 0 Å². The fraction of sp³-hybridized carbons (Fsp3) is 0.316. The second-order valence-corrected chi connectivity index (χ2v) is 6.47. The Morgan fingerprint density at radius 1 is 1.04 bits per heavy atom. The fourth-order valence-electron chi connectivity index (χ4n) is 3.10. The van der Waals surface area contributed by atoms with E-state index in [0.717, 1.165) is 13.1 Å². The minimum Gasteiger partial charge on any atom is -0.319 e. The van der Waals surface area contributed by atoms with E-state index in [1.807, 2.05) is 11.0 Å². The molecule has 0 aromatic heterocycles. The Morgan fingerprint density at radius 2 is 1.67 bits per heavy atom. The van der Waals surface area contributed by atoms with Crippen LogP contribution >= 0.6 is 0 Å². The Balaban J connectivity index is 1.49. The lowest BCUT2D eigenvalue weighted by Gasteiger charge is -2.34. The summed E-state index contributed by atoms with van der Waals surface area (Å²) in [6, 6.07) is 12.8. The summed E-state index contributed by atoms with van der Waals surface area (Å²) in [5, 5.41) is 13.6. The molecule has 1 aliphatic rings. The minimum absolute atomic E-state index is 0.124. The maximum Gasteiger partial charge on any atom is 0.292 e. The van der Waals surface area contributed by atoms with Crippen molar-refractivity contribution in [3.8, 4) is 0 Å². The third kappa shape index (κ3) is 5.08. The summed E-state index contributed by atoms with van der Waals surface area (Å²) < 4.78 is 13.8. The van der Waals surface area contributed by atoms with Gasteiger partial charge in [0.1, 0.15) is 11.5 Å². The van der Waals surface area contributed by atoms with E-state index >= 15 is 0 Å². The zero-order valence-corrected chi connectivity index (χ0v) is 14.8. The summed E-state index contributed by atoms with van der Waals surface area (Å²) in [5.41, 5.74) is 0.742. The molecular weight excluding hydrogens is 351 g/mol. The van der Waals surface area contributed by atoms with Crippen molar-refractivity contribution in [2.75, 3.05) is 38.0 Å². The van der Waals surface area contributed by atoms with Crippen molar-refractivity contribution in [1.82, 2.24) is 9.80 Å². The number of nitrogens with zero attached hydrogens (tertiary/aromatic N) is 3. The lowest BCUT2D eigenvalue weighted by Crippen LogP contribution is -2.48. The van der Waals surface area contributed by atoms with Crippen LogP contribution in [0.15, 0.2) is 48.5 Å². The van der Waals surface area contributed by atoms with Gasteiger partial charge in [-0.25, -0.2) is 4.39 Å². The molecule has 1 N–H and O–H groups in total. The predicted octanol–water partition coefficient (Wildman–Crippen LogP) is 2.49. The number of carbonyl (C=O) groups excluding carboxylic acids is 1. The standard InChI is InChI=1S/C19H21FN4O3/c20-16-6-2-1-5-15(16)13-22-9-11-23(12-10-22)14-19(25)21-17-7-3-4-8-18(17)24(26)27/h1-8H,9-14H2,(H,21,25). The monoisotopic (exact) mass is 372 g/mol. The summed E-state index contributed by atoms with van der Waals surface area (Å²) in [5.74, 6) is -0.490. The molecule has 27 heavy (non-hydrogen) atoms. The number of carbonyl (C=O) groups is 1. The first kappa shape index (κ1) is 18.9. The Labute approximate surface area is 156 Å². The van der Waals surface area contributed by atoms with Crippen LogP contribution in [0.5, 0.6) is 0 Å². The zero-order chi connectivity index (χ0) is 19.2. The summed E-state index contributed by atoms with van der Waals surface area (Å²) in [6.45, 7) is 3.53. The van der Waals surface area contributed by atoms with Gasteiger partial charge in [-0.3, -0.25) is 24.7 Å². The molecule has 0 aliphatic carbocycles. The maximum absolute atomic E-state index is 13.8. The van der Waals surface area contributed by atoms with E-state index in [4.69, 9.17) is 0 Å². The number of piperazine rings is 1. The van der Waals surface area contributed by atoms with Crippen LogP contribution in [-0.2, 0) is 11.3 Å². The number of para-hydroxylation sites is 2. The molecule has 1 saturated heterocycles. The number of amides is 1. The largest absolute Gasteiger partial charge is 0.319 e. The van der Waals surface area contributed by atoms with Gasteiger partial charge in [0.25, 0.3) is 5.69 Å². The van der Waals surface area contributed by atoms with Crippen LogP contribution in [0.2, 0.25) is 0 Å². The van der Waals surface area contributed by atoms with Gasteiger partial charge in [0.05, 0.1) is 11.5 Å². The molecule has 1 fully saturated rings. The summed E-state index contributed by atoms with van der Waals surface area (Å²) in [7, 11) is 0. The maximum atomic E-state index is 13.8. The van der Waals surface area contributed by atoms with Crippen LogP contribution in [0.25, 0.3) is 0 Å². The highest BCUT2D eigenvalue weighted by atomic mass is 19.1. The van der Waals surface area contributed by atoms with Crippen LogP contribution in [0.4, 0.5) is 15.8 Å². The van der Waals surface area contributed by atoms with Crippen molar-refractivity contribution in [3.63, 3.8) is 0 Å². The van der Waals surface area contributed by atoms with Gasteiger partial charge >= 0.3 is 0 Å². The molecular formula is C19H21FN4O3. The molecule has 0 radical (unpaired) electrons. The molecule has 2 aromatic carbocycles. The van der Waals surface area contributed by atoms with E-state index in [-0.39, 0.29) is 29.6 Å². The van der Waals surface area contributed by atoms with E-state index in [1.165, 1.54) is 18.2 Å². The number of hydrogen-bond donors (Lipinski definition) is 1. The van der Waals surface area contributed by atoms with Crippen LogP contribution in [0.3, 0.4) is 0 Å². The first-order chi connectivity index (χ1) is 13.0. The van der Waals surface area contributed by atoms with Crippen molar-refractivity contribution < 1.29 is 14.1 Å². The number of nitro benzene ring substituents is 1. The van der Waals surface area contributed by atoms with Gasteiger partial charge in [-0.2, -0.15) is 0 Å². The van der Waals surface area contributed by atoms with E-state index in [1.54, 1.807) is 24.3 Å². The Kier molecular flexibility index (Phi) is 6.10. The molecule has 0 bridgehead atoms. The number of halogens is 1. The fourth-order valence-corrected chi connectivity index (χ4v) is 3.10. The summed E-state index contributed by atoms with van der Waals surface area (Å²) in [6.07, 6.45) is 0. The molecule has 1 amide bonds. The first-order valence-corrected chi connectivity index (χ1v) is 8.74. The predicted molar refractivity (Wildman–Crippen MR) is 99.8 cm³/mol. The molecule has 2 aromatic rings. The van der Waals surface area contributed by atoms with E-state index in [2.05, 4.69) is 10.2 Å². The lowest BCUT2D eigenvalue weighted by molar-refractivity contribution is -0.383. The third-order valence-corrected chi connectivity index (χ3v) is 4.56. The number of benzene rings is 2. The van der Waals surface area contributed by atoms with E-state index in [9.17, 15) is 19.3 Å². The van der Waals surface area contributed by atoms with Gasteiger partial charge in [-0.05, 0) is 12.1 Å². The SMILES string of the molecule is O=C(CN1CCN(Cc2ccccc2F)CC1)Nc1ccccc1[N+](=O)[O-]. The van der Waals surface area contributed by atoms with Gasteiger partial charge in [-0.1, -0.05) is 30.3 Å². The summed E-state index contributed by atoms with van der Waals surface area (Å²) >= 11 is 0. The molecule has 0 unspecified atom stereocenters. The second kappa shape index (κ2) is 8.70. The molecule has 0 spiro atoms. The Hall–Kier alpha value is -2.84. The Bertz CT molecular complexity index is 822. The smallest absolute Gasteiger partial charge is 0.292 e. The van der Waals surface area contributed by atoms with Crippen molar-refractivity contribution in [1.29, 1.82) is 0 Å².